The molecule has 0 saturated heterocycles. The molecular formula is C7H9N5O. The van der Waals surface area contributed by atoms with Crippen LogP contribution in [0.2, 0.25) is 0 Å². The van der Waals surface area contributed by atoms with Gasteiger partial charge in [0, 0.05) is 17.8 Å². The number of aryl methyl sites for hydroxylation is 1. The van der Waals surface area contributed by atoms with E-state index >= 15 is 0 Å². The molecular weight excluding hydrogens is 170 g/mol. The highest BCUT2D eigenvalue weighted by atomic mass is 16.1. The van der Waals surface area contributed by atoms with Gasteiger partial charge in [0.2, 0.25) is 0 Å². The highest BCUT2D eigenvalue weighted by Gasteiger charge is 2.04. The predicted molar refractivity (Wildman–Crippen MR) is 47.7 cm³/mol. The molecule has 0 spiro atoms. The maximum atomic E-state index is 11.2. The van der Waals surface area contributed by atoms with Gasteiger partial charge in [-0.1, -0.05) is 0 Å². The van der Waals surface area contributed by atoms with Gasteiger partial charge in [0.05, 0.1) is 0 Å². The molecule has 0 unspecified atom stereocenters. The second-order valence-electron chi connectivity index (χ2n) is 2.79. The Kier molecular flexibility index (Phi) is 1.48. The van der Waals surface area contributed by atoms with E-state index in [0.29, 0.717) is 11.6 Å². The first-order valence-electron chi connectivity index (χ1n) is 3.77. The Balaban J connectivity index is 2.58. The first-order chi connectivity index (χ1) is 6.16. The topological polar surface area (TPSA) is 92.5 Å². The van der Waals surface area contributed by atoms with Gasteiger partial charge in [-0.15, -0.1) is 0 Å². The van der Waals surface area contributed by atoms with Gasteiger partial charge in [-0.3, -0.25) is 15.0 Å². The van der Waals surface area contributed by atoms with Crippen LogP contribution in [0.5, 0.6) is 0 Å². The summed E-state index contributed by atoms with van der Waals surface area (Å²) in [6.07, 6.45) is 0. The smallest absolute Gasteiger partial charge is 0.274 e. The zero-order valence-corrected chi connectivity index (χ0v) is 7.03. The Morgan fingerprint density at radius 2 is 2.31 bits per heavy atom. The molecule has 0 atom stereocenters. The molecule has 6 heteroatoms. The molecule has 68 valence electrons. The highest BCUT2D eigenvalue weighted by molar-refractivity contribution is 5.30. The van der Waals surface area contributed by atoms with Crippen LogP contribution >= 0.6 is 0 Å². The average molecular weight is 179 g/mol. The van der Waals surface area contributed by atoms with Gasteiger partial charge in [0.15, 0.2) is 5.82 Å². The van der Waals surface area contributed by atoms with Gasteiger partial charge in [0.25, 0.3) is 5.56 Å². The molecule has 2 rings (SSSR count). The van der Waals surface area contributed by atoms with Gasteiger partial charge in [-0.25, -0.2) is 0 Å². The number of hydrogen-bond acceptors (Lipinski definition) is 3. The number of aromatic nitrogens is 4. The molecule has 2 aromatic heterocycles. The van der Waals surface area contributed by atoms with E-state index in [2.05, 4.69) is 15.3 Å². The Hall–Kier alpha value is -1.98. The standard InChI is InChI=1S/C7H9N5O/c1-4-2-6(10-9-4)12-7(13)3-5(8)11-12/h2-3,11H,8H2,1H3,(H,9,10). The third-order valence-electron chi connectivity index (χ3n) is 1.66. The SMILES string of the molecule is Cc1cc(-n2[nH]c(N)cc2=O)n[nH]1. The van der Waals surface area contributed by atoms with Crippen molar-refractivity contribution in [2.24, 2.45) is 0 Å². The molecule has 0 aliphatic carbocycles. The van der Waals surface area contributed by atoms with Crippen molar-refractivity contribution in [1.82, 2.24) is 20.0 Å². The molecule has 0 bridgehead atoms. The minimum absolute atomic E-state index is 0.219. The van der Waals surface area contributed by atoms with Crippen molar-refractivity contribution in [1.29, 1.82) is 0 Å². The van der Waals surface area contributed by atoms with E-state index in [1.807, 2.05) is 6.92 Å². The summed E-state index contributed by atoms with van der Waals surface area (Å²) in [5.41, 5.74) is 6.08. The number of anilines is 1. The fourth-order valence-electron chi connectivity index (χ4n) is 1.10. The van der Waals surface area contributed by atoms with Gasteiger partial charge < -0.3 is 5.73 Å². The molecule has 0 saturated carbocycles. The van der Waals surface area contributed by atoms with Gasteiger partial charge in [-0.05, 0) is 6.92 Å². The largest absolute Gasteiger partial charge is 0.384 e. The average Bonchev–Trinajstić information content (AvgIpc) is 2.58. The van der Waals surface area contributed by atoms with Crippen LogP contribution in [-0.2, 0) is 0 Å². The molecule has 0 aromatic carbocycles. The van der Waals surface area contributed by atoms with Gasteiger partial charge in [-0.2, -0.15) is 9.78 Å². The maximum absolute atomic E-state index is 11.2. The lowest BCUT2D eigenvalue weighted by molar-refractivity contribution is 0.813. The molecule has 0 radical (unpaired) electrons. The molecule has 0 fully saturated rings. The van der Waals surface area contributed by atoms with Gasteiger partial charge in [0.1, 0.15) is 5.82 Å². The number of hydrogen-bond donors (Lipinski definition) is 3. The number of aromatic amines is 2. The summed E-state index contributed by atoms with van der Waals surface area (Å²) in [5.74, 6) is 0.838. The fraction of sp³-hybridized carbons (Fsp3) is 0.143. The Bertz CT molecular complexity index is 477. The summed E-state index contributed by atoms with van der Waals surface area (Å²) in [5, 5.41) is 9.32. The minimum Gasteiger partial charge on any atom is -0.384 e. The Morgan fingerprint density at radius 3 is 2.77 bits per heavy atom. The van der Waals surface area contributed by atoms with E-state index in [4.69, 9.17) is 5.73 Å². The number of H-pyrrole nitrogens is 2. The molecule has 0 amide bonds. The molecule has 13 heavy (non-hydrogen) atoms. The van der Waals surface area contributed by atoms with E-state index in [1.54, 1.807) is 6.07 Å². The van der Waals surface area contributed by atoms with E-state index in [1.165, 1.54) is 10.7 Å². The van der Waals surface area contributed by atoms with E-state index in [9.17, 15) is 4.79 Å². The zero-order chi connectivity index (χ0) is 9.42. The van der Waals surface area contributed by atoms with Crippen LogP contribution in [0.1, 0.15) is 5.69 Å². The number of nitrogens with two attached hydrogens (primary N) is 1. The number of nitrogens with one attached hydrogen (secondary N) is 2. The van der Waals surface area contributed by atoms with Crippen LogP contribution in [0.4, 0.5) is 5.82 Å². The summed E-state index contributed by atoms with van der Waals surface area (Å²) in [4.78, 5) is 11.2. The maximum Gasteiger partial charge on any atom is 0.274 e. The van der Waals surface area contributed by atoms with Gasteiger partial charge >= 0.3 is 0 Å². The van der Waals surface area contributed by atoms with Crippen molar-refractivity contribution in [3.63, 3.8) is 0 Å². The fourth-order valence-corrected chi connectivity index (χ4v) is 1.10. The first kappa shape index (κ1) is 7.66. The van der Waals surface area contributed by atoms with Crippen molar-refractivity contribution in [3.8, 4) is 5.82 Å². The van der Waals surface area contributed by atoms with Crippen molar-refractivity contribution < 1.29 is 0 Å². The summed E-state index contributed by atoms with van der Waals surface area (Å²) in [7, 11) is 0. The van der Waals surface area contributed by atoms with Crippen molar-refractivity contribution >= 4 is 5.82 Å². The lowest BCUT2D eigenvalue weighted by Crippen LogP contribution is -2.13. The van der Waals surface area contributed by atoms with E-state index < -0.39 is 0 Å². The van der Waals surface area contributed by atoms with Crippen LogP contribution in [0.25, 0.3) is 5.82 Å². The second kappa shape index (κ2) is 2.51. The summed E-state index contributed by atoms with van der Waals surface area (Å²) in [6, 6.07) is 3.06. The third-order valence-corrected chi connectivity index (χ3v) is 1.66. The minimum atomic E-state index is -0.219. The number of nitrogen functional groups attached to an aromatic ring is 1. The molecule has 6 nitrogen and oxygen atoms in total. The molecule has 4 N–H and O–H groups in total. The lowest BCUT2D eigenvalue weighted by atomic mass is 10.5. The number of rotatable bonds is 1. The van der Waals surface area contributed by atoms with E-state index in [-0.39, 0.29) is 5.56 Å². The molecule has 0 aliphatic heterocycles. The third kappa shape index (κ3) is 1.22. The van der Waals surface area contributed by atoms with Crippen LogP contribution in [0, 0.1) is 6.92 Å². The Morgan fingerprint density at radius 1 is 1.54 bits per heavy atom. The first-order valence-corrected chi connectivity index (χ1v) is 3.77. The monoisotopic (exact) mass is 179 g/mol. The van der Waals surface area contributed by atoms with Crippen LogP contribution in [0.3, 0.4) is 0 Å². The summed E-state index contributed by atoms with van der Waals surface area (Å²) in [6.45, 7) is 1.85. The zero-order valence-electron chi connectivity index (χ0n) is 7.03. The summed E-state index contributed by atoms with van der Waals surface area (Å²) < 4.78 is 1.28. The quantitative estimate of drug-likeness (QED) is 0.565. The predicted octanol–water partition coefficient (Wildman–Crippen LogP) is -0.221. The van der Waals surface area contributed by atoms with E-state index in [0.717, 1.165) is 5.69 Å². The molecule has 2 heterocycles. The van der Waals surface area contributed by atoms with Crippen molar-refractivity contribution in [2.75, 3.05) is 5.73 Å². The molecule has 0 aliphatic rings. The second-order valence-corrected chi connectivity index (χ2v) is 2.79. The normalized spacial score (nSPS) is 10.5. The van der Waals surface area contributed by atoms with Crippen LogP contribution in [0.15, 0.2) is 16.9 Å². The molecule has 2 aromatic rings. The van der Waals surface area contributed by atoms with Crippen molar-refractivity contribution in [2.45, 2.75) is 6.92 Å². The lowest BCUT2D eigenvalue weighted by Gasteiger charge is -1.92. The summed E-state index contributed by atoms with van der Waals surface area (Å²) >= 11 is 0. The van der Waals surface area contributed by atoms with Crippen LogP contribution < -0.4 is 11.3 Å². The van der Waals surface area contributed by atoms with Crippen LogP contribution in [-0.4, -0.2) is 20.0 Å². The van der Waals surface area contributed by atoms with Crippen molar-refractivity contribution in [3.05, 3.63) is 28.2 Å². The Labute approximate surface area is 73.4 Å². The number of nitrogens with zero attached hydrogens (tertiary/aromatic N) is 2. The highest BCUT2D eigenvalue weighted by Crippen LogP contribution is 2.02.